The summed E-state index contributed by atoms with van der Waals surface area (Å²) >= 11 is 3.10. The van der Waals surface area contributed by atoms with Crippen LogP contribution in [-0.2, 0) is 9.53 Å². The molecule has 1 aromatic heterocycles. The van der Waals surface area contributed by atoms with Crippen molar-refractivity contribution < 1.29 is 9.53 Å². The number of carbonyl (C=O) groups is 1. The summed E-state index contributed by atoms with van der Waals surface area (Å²) in [6, 6.07) is 0. The summed E-state index contributed by atoms with van der Waals surface area (Å²) in [4.78, 5) is 15.6. The first-order valence-electron chi connectivity index (χ1n) is 4.45. The number of nitrogens with zero attached hydrogens (tertiary/aromatic N) is 1. The van der Waals surface area contributed by atoms with E-state index >= 15 is 0 Å². The van der Waals surface area contributed by atoms with Gasteiger partial charge in [0.15, 0.2) is 4.34 Å². The Hall–Kier alpha value is -0.550. The second-order valence-electron chi connectivity index (χ2n) is 3.20. The Balaban J connectivity index is 2.00. The molecule has 1 heterocycles. The van der Waals surface area contributed by atoms with Crippen LogP contribution in [-0.4, -0.2) is 23.3 Å². The van der Waals surface area contributed by atoms with Gasteiger partial charge in [0, 0.05) is 11.6 Å². The maximum Gasteiger partial charge on any atom is 0.319 e. The van der Waals surface area contributed by atoms with Crippen LogP contribution in [0, 0.1) is 5.92 Å². The van der Waals surface area contributed by atoms with Crippen LogP contribution < -0.4 is 0 Å². The molecule has 0 amide bonds. The molecular formula is C9H11NO2S2. The molecule has 14 heavy (non-hydrogen) atoms. The number of hydrogen-bond donors (Lipinski definition) is 0. The van der Waals surface area contributed by atoms with Crippen LogP contribution in [0.1, 0.15) is 12.8 Å². The minimum Gasteiger partial charge on any atom is -0.468 e. The highest BCUT2D eigenvalue weighted by Gasteiger charge is 2.38. The summed E-state index contributed by atoms with van der Waals surface area (Å²) in [5.74, 6) is 0.379. The van der Waals surface area contributed by atoms with Crippen molar-refractivity contribution in [1.29, 1.82) is 0 Å². The highest BCUT2D eigenvalue weighted by atomic mass is 32.2. The average Bonchev–Trinajstić information content (AvgIpc) is 2.92. The van der Waals surface area contributed by atoms with Crippen molar-refractivity contribution in [3.63, 3.8) is 0 Å². The normalized spacial score (nSPS) is 17.8. The van der Waals surface area contributed by atoms with Gasteiger partial charge in [-0.15, -0.1) is 11.3 Å². The molecule has 1 aliphatic carbocycles. The molecule has 1 fully saturated rings. The van der Waals surface area contributed by atoms with Crippen molar-refractivity contribution in [2.24, 2.45) is 5.92 Å². The van der Waals surface area contributed by atoms with Gasteiger partial charge >= 0.3 is 5.97 Å². The summed E-state index contributed by atoms with van der Waals surface area (Å²) < 4.78 is 5.73. The Morgan fingerprint density at radius 1 is 1.79 bits per heavy atom. The van der Waals surface area contributed by atoms with Crippen LogP contribution in [0.3, 0.4) is 0 Å². The molecule has 1 unspecified atom stereocenters. The van der Waals surface area contributed by atoms with Crippen LogP contribution >= 0.6 is 23.1 Å². The van der Waals surface area contributed by atoms with Crippen LogP contribution in [0.4, 0.5) is 0 Å². The highest BCUT2D eigenvalue weighted by Crippen LogP contribution is 2.42. The van der Waals surface area contributed by atoms with Crippen LogP contribution in [0.2, 0.25) is 0 Å². The molecule has 3 nitrogen and oxygen atoms in total. The minimum atomic E-state index is -0.118. The SMILES string of the molecule is COC(=O)C(Sc1nccs1)C1CC1. The van der Waals surface area contributed by atoms with E-state index in [1.165, 1.54) is 18.9 Å². The Morgan fingerprint density at radius 3 is 3.07 bits per heavy atom. The van der Waals surface area contributed by atoms with Gasteiger partial charge in [-0.05, 0) is 18.8 Å². The molecule has 76 valence electrons. The maximum absolute atomic E-state index is 11.5. The number of aromatic nitrogens is 1. The van der Waals surface area contributed by atoms with Gasteiger partial charge in [-0.1, -0.05) is 11.8 Å². The molecule has 5 heteroatoms. The molecular weight excluding hydrogens is 218 g/mol. The number of hydrogen-bond acceptors (Lipinski definition) is 5. The zero-order valence-electron chi connectivity index (χ0n) is 7.80. The summed E-state index contributed by atoms with van der Waals surface area (Å²) in [5, 5.41) is 1.87. The third-order valence-corrected chi connectivity index (χ3v) is 4.40. The first-order chi connectivity index (χ1) is 6.81. The van der Waals surface area contributed by atoms with Crippen molar-refractivity contribution in [3.05, 3.63) is 11.6 Å². The van der Waals surface area contributed by atoms with Gasteiger partial charge in [0.05, 0.1) is 7.11 Å². The molecule has 1 aliphatic rings. The lowest BCUT2D eigenvalue weighted by Crippen LogP contribution is -2.20. The number of ether oxygens (including phenoxy) is 1. The molecule has 1 saturated carbocycles. The number of thiazole rings is 1. The fraction of sp³-hybridized carbons (Fsp3) is 0.556. The molecule has 0 spiro atoms. The highest BCUT2D eigenvalue weighted by molar-refractivity contribution is 8.02. The van der Waals surface area contributed by atoms with E-state index < -0.39 is 0 Å². The van der Waals surface area contributed by atoms with Gasteiger partial charge in [-0.3, -0.25) is 4.79 Å². The van der Waals surface area contributed by atoms with E-state index in [1.54, 1.807) is 17.5 Å². The quantitative estimate of drug-likeness (QED) is 0.586. The first-order valence-corrected chi connectivity index (χ1v) is 6.21. The van der Waals surface area contributed by atoms with Gasteiger partial charge in [0.1, 0.15) is 5.25 Å². The largest absolute Gasteiger partial charge is 0.468 e. The van der Waals surface area contributed by atoms with Crippen molar-refractivity contribution in [2.45, 2.75) is 22.4 Å². The number of esters is 1. The number of thioether (sulfide) groups is 1. The topological polar surface area (TPSA) is 39.2 Å². The Kier molecular flexibility index (Phi) is 3.08. The fourth-order valence-electron chi connectivity index (χ4n) is 1.23. The van der Waals surface area contributed by atoms with Crippen molar-refractivity contribution in [1.82, 2.24) is 4.98 Å². The number of carbonyl (C=O) groups excluding carboxylic acids is 1. The maximum atomic E-state index is 11.5. The smallest absolute Gasteiger partial charge is 0.319 e. The van der Waals surface area contributed by atoms with E-state index in [9.17, 15) is 4.79 Å². The van der Waals surface area contributed by atoms with Gasteiger partial charge in [-0.25, -0.2) is 4.98 Å². The second-order valence-corrected chi connectivity index (χ2v) is 5.48. The summed E-state index contributed by atoms with van der Waals surface area (Å²) in [6.07, 6.45) is 4.03. The number of methoxy groups -OCH3 is 1. The standard InChI is InChI=1S/C9H11NO2S2/c1-12-8(11)7(6-2-3-6)14-9-10-4-5-13-9/h4-7H,2-3H2,1H3. The Morgan fingerprint density at radius 2 is 2.57 bits per heavy atom. The van der Waals surface area contributed by atoms with Gasteiger partial charge in [-0.2, -0.15) is 0 Å². The molecule has 1 atom stereocenters. The van der Waals surface area contributed by atoms with Crippen molar-refractivity contribution >= 4 is 29.1 Å². The van der Waals surface area contributed by atoms with Crippen LogP contribution in [0.15, 0.2) is 15.9 Å². The summed E-state index contributed by atoms with van der Waals surface area (Å²) in [5.41, 5.74) is 0. The van der Waals surface area contributed by atoms with Crippen LogP contribution in [0.25, 0.3) is 0 Å². The van der Waals surface area contributed by atoms with E-state index in [1.807, 2.05) is 5.38 Å². The molecule has 0 N–H and O–H groups in total. The molecule has 0 aliphatic heterocycles. The zero-order chi connectivity index (χ0) is 9.97. The predicted octanol–water partition coefficient (Wildman–Crippen LogP) is 2.19. The van der Waals surface area contributed by atoms with E-state index in [0.29, 0.717) is 5.92 Å². The zero-order valence-corrected chi connectivity index (χ0v) is 9.44. The molecule has 0 saturated heterocycles. The summed E-state index contributed by atoms with van der Waals surface area (Å²) in [6.45, 7) is 0. The lowest BCUT2D eigenvalue weighted by Gasteiger charge is -2.10. The van der Waals surface area contributed by atoms with Crippen molar-refractivity contribution in [2.75, 3.05) is 7.11 Å². The third-order valence-electron chi connectivity index (χ3n) is 2.12. The molecule has 0 bridgehead atoms. The Bertz CT molecular complexity index is 309. The van der Waals surface area contributed by atoms with E-state index in [2.05, 4.69) is 4.98 Å². The number of rotatable bonds is 4. The monoisotopic (exact) mass is 229 g/mol. The lowest BCUT2D eigenvalue weighted by molar-refractivity contribution is -0.140. The average molecular weight is 229 g/mol. The predicted molar refractivity (Wildman–Crippen MR) is 56.5 cm³/mol. The third kappa shape index (κ3) is 2.27. The van der Waals surface area contributed by atoms with E-state index in [4.69, 9.17) is 4.74 Å². The van der Waals surface area contributed by atoms with Gasteiger partial charge in [0.25, 0.3) is 0 Å². The van der Waals surface area contributed by atoms with Gasteiger partial charge in [0.2, 0.25) is 0 Å². The van der Waals surface area contributed by atoms with Gasteiger partial charge < -0.3 is 4.74 Å². The summed E-state index contributed by atoms with van der Waals surface area (Å²) in [7, 11) is 1.44. The second kappa shape index (κ2) is 4.31. The lowest BCUT2D eigenvalue weighted by atomic mass is 10.3. The minimum absolute atomic E-state index is 0.0499. The molecule has 0 aromatic carbocycles. The van der Waals surface area contributed by atoms with Crippen molar-refractivity contribution in [3.8, 4) is 0 Å². The van der Waals surface area contributed by atoms with E-state index in [-0.39, 0.29) is 11.2 Å². The molecule has 1 aromatic rings. The molecule has 0 radical (unpaired) electrons. The molecule has 2 rings (SSSR count). The fourth-order valence-corrected chi connectivity index (χ4v) is 3.28. The van der Waals surface area contributed by atoms with E-state index in [0.717, 1.165) is 17.2 Å². The Labute approximate surface area is 90.9 Å². The van der Waals surface area contributed by atoms with Crippen LogP contribution in [0.5, 0.6) is 0 Å². The first kappa shape index (κ1) is 9.98.